The van der Waals surface area contributed by atoms with E-state index in [2.05, 4.69) is 0 Å². The monoisotopic (exact) mass is 264 g/mol. The van der Waals surface area contributed by atoms with Crippen molar-refractivity contribution in [1.29, 1.82) is 0 Å². The van der Waals surface area contributed by atoms with Crippen molar-refractivity contribution in [3.05, 3.63) is 59.9 Å². The fourth-order valence-corrected chi connectivity index (χ4v) is 2.10. The maximum absolute atomic E-state index is 5.91. The summed E-state index contributed by atoms with van der Waals surface area (Å²) in [7, 11) is 1.68. The molecule has 2 nitrogen and oxygen atoms in total. The first-order valence-electron chi connectivity index (χ1n) is 5.95. The van der Waals surface area contributed by atoms with Gasteiger partial charge in [-0.25, -0.2) is 0 Å². The smallest absolute Gasteiger partial charge is 0.115 e. The molecule has 0 bridgehead atoms. The van der Waals surface area contributed by atoms with Crippen molar-refractivity contribution < 1.29 is 9.47 Å². The number of ether oxygens (including phenoxy) is 2. The summed E-state index contributed by atoms with van der Waals surface area (Å²) in [5, 5.41) is 0. The van der Waals surface area contributed by atoms with Crippen molar-refractivity contribution in [3.63, 3.8) is 0 Å². The van der Waals surface area contributed by atoms with Crippen molar-refractivity contribution in [2.75, 3.05) is 13.0 Å². The number of allylic oxidation sites excluding steroid dienone is 1. The third-order valence-corrected chi connectivity index (χ3v) is 3.53. The van der Waals surface area contributed by atoms with Gasteiger partial charge in [-0.1, -0.05) is 30.3 Å². The van der Waals surface area contributed by atoms with Gasteiger partial charge in [0.1, 0.15) is 18.0 Å². The second-order valence-electron chi connectivity index (χ2n) is 4.32. The Morgan fingerprint density at radius 2 is 2.06 bits per heavy atom. The van der Waals surface area contributed by atoms with E-state index >= 15 is 0 Å². The average molecular weight is 265 g/mol. The average Bonchev–Trinajstić information content (AvgIpc) is 2.47. The minimum absolute atomic E-state index is 0.374. The maximum atomic E-state index is 5.91. The lowest BCUT2D eigenvalue weighted by atomic mass is 9.96. The molecular formula is C15H17ClO2. The number of alkyl halides is 1. The summed E-state index contributed by atoms with van der Waals surface area (Å²) >= 11 is 5.91. The highest BCUT2D eigenvalue weighted by Gasteiger charge is 2.27. The van der Waals surface area contributed by atoms with Crippen molar-refractivity contribution in [2.24, 2.45) is 0 Å². The fourth-order valence-electron chi connectivity index (χ4n) is 1.80. The molecule has 0 saturated carbocycles. The summed E-state index contributed by atoms with van der Waals surface area (Å²) in [6.45, 7) is 0.581. The molecule has 0 amide bonds. The number of benzene rings is 1. The topological polar surface area (TPSA) is 18.5 Å². The minimum Gasteiger partial charge on any atom is -0.489 e. The summed E-state index contributed by atoms with van der Waals surface area (Å²) in [5.41, 5.74) is 0.786. The van der Waals surface area contributed by atoms with E-state index < -0.39 is 0 Å². The number of hydrogen-bond acceptors (Lipinski definition) is 2. The summed E-state index contributed by atoms with van der Waals surface area (Å²) in [6.07, 6.45) is 6.67. The van der Waals surface area contributed by atoms with Gasteiger partial charge < -0.3 is 9.47 Å². The van der Waals surface area contributed by atoms with Crippen LogP contribution in [0.15, 0.2) is 54.3 Å². The third kappa shape index (κ3) is 3.15. The van der Waals surface area contributed by atoms with Crippen molar-refractivity contribution in [3.8, 4) is 0 Å². The Morgan fingerprint density at radius 1 is 1.28 bits per heavy atom. The van der Waals surface area contributed by atoms with E-state index in [1.807, 2.05) is 48.6 Å². The second-order valence-corrected chi connectivity index (χ2v) is 4.59. The highest BCUT2D eigenvalue weighted by atomic mass is 35.5. The number of rotatable bonds is 5. The Hall–Kier alpha value is -1.25. The summed E-state index contributed by atoms with van der Waals surface area (Å²) in [6, 6.07) is 10.1. The van der Waals surface area contributed by atoms with Crippen LogP contribution in [0.5, 0.6) is 0 Å². The van der Waals surface area contributed by atoms with Gasteiger partial charge in [-0.3, -0.25) is 0 Å². The van der Waals surface area contributed by atoms with Gasteiger partial charge in [0, 0.05) is 13.5 Å². The minimum atomic E-state index is -0.374. The molecule has 1 aromatic carbocycles. The van der Waals surface area contributed by atoms with Crippen LogP contribution in [0, 0.1) is 0 Å². The molecule has 1 aliphatic rings. The zero-order chi connectivity index (χ0) is 12.8. The maximum Gasteiger partial charge on any atom is 0.115 e. The largest absolute Gasteiger partial charge is 0.489 e. The van der Waals surface area contributed by atoms with Gasteiger partial charge in [0.2, 0.25) is 0 Å². The molecule has 1 aliphatic carbocycles. The molecule has 0 spiro atoms. The summed E-state index contributed by atoms with van der Waals surface area (Å²) < 4.78 is 11.1. The van der Waals surface area contributed by atoms with E-state index in [0.29, 0.717) is 12.5 Å². The molecular weight excluding hydrogens is 248 g/mol. The molecule has 1 atom stereocenters. The predicted octanol–water partition coefficient (Wildman–Crippen LogP) is 3.67. The number of methoxy groups -OCH3 is 1. The predicted molar refractivity (Wildman–Crippen MR) is 73.5 cm³/mol. The van der Waals surface area contributed by atoms with Gasteiger partial charge in [0.25, 0.3) is 0 Å². The molecule has 0 N–H and O–H groups in total. The van der Waals surface area contributed by atoms with E-state index in [9.17, 15) is 0 Å². The van der Waals surface area contributed by atoms with E-state index in [1.54, 1.807) is 7.11 Å². The van der Waals surface area contributed by atoms with Gasteiger partial charge in [-0.2, -0.15) is 0 Å². The van der Waals surface area contributed by atoms with Crippen LogP contribution >= 0.6 is 11.6 Å². The standard InChI is InChI=1S/C15H17ClO2/c1-17-15(12-16)9-7-14(8-10-15)18-11-13-5-3-2-4-6-13/h2-9H,10-12H2,1H3. The fraction of sp³-hybridized carbons (Fsp3) is 0.333. The van der Waals surface area contributed by atoms with Crippen LogP contribution in [0.3, 0.4) is 0 Å². The first-order valence-corrected chi connectivity index (χ1v) is 6.49. The molecule has 0 fully saturated rings. The Bertz CT molecular complexity index is 433. The molecule has 96 valence electrons. The lowest BCUT2D eigenvalue weighted by Gasteiger charge is -2.28. The van der Waals surface area contributed by atoms with Crippen LogP contribution < -0.4 is 0 Å². The van der Waals surface area contributed by atoms with E-state index in [-0.39, 0.29) is 5.60 Å². The molecule has 3 heteroatoms. The van der Waals surface area contributed by atoms with Crippen LogP contribution in [0.25, 0.3) is 0 Å². The Kier molecular flexibility index (Phi) is 4.45. The van der Waals surface area contributed by atoms with Gasteiger partial charge in [-0.05, 0) is 23.8 Å². The van der Waals surface area contributed by atoms with Crippen LogP contribution in [0.1, 0.15) is 12.0 Å². The molecule has 0 saturated heterocycles. The van der Waals surface area contributed by atoms with Gasteiger partial charge in [0.05, 0.1) is 5.88 Å². The lowest BCUT2D eigenvalue weighted by Crippen LogP contribution is -2.32. The molecule has 0 aromatic heterocycles. The number of halogens is 1. The molecule has 1 unspecified atom stereocenters. The van der Waals surface area contributed by atoms with Crippen LogP contribution in [-0.2, 0) is 16.1 Å². The van der Waals surface area contributed by atoms with Crippen LogP contribution in [-0.4, -0.2) is 18.6 Å². The Morgan fingerprint density at radius 3 is 2.61 bits per heavy atom. The van der Waals surface area contributed by atoms with E-state index in [0.717, 1.165) is 17.7 Å². The van der Waals surface area contributed by atoms with Gasteiger partial charge in [-0.15, -0.1) is 11.6 Å². The normalized spacial score (nSPS) is 22.7. The molecule has 0 heterocycles. The Balaban J connectivity index is 1.90. The molecule has 0 radical (unpaired) electrons. The van der Waals surface area contributed by atoms with E-state index in [1.165, 1.54) is 0 Å². The van der Waals surface area contributed by atoms with Crippen LogP contribution in [0.4, 0.5) is 0 Å². The highest BCUT2D eigenvalue weighted by molar-refractivity contribution is 6.18. The molecule has 1 aromatic rings. The van der Waals surface area contributed by atoms with Gasteiger partial charge in [0.15, 0.2) is 0 Å². The van der Waals surface area contributed by atoms with Crippen molar-refractivity contribution in [1.82, 2.24) is 0 Å². The highest BCUT2D eigenvalue weighted by Crippen LogP contribution is 2.26. The summed E-state index contributed by atoms with van der Waals surface area (Å²) in [4.78, 5) is 0. The zero-order valence-corrected chi connectivity index (χ0v) is 11.2. The second kappa shape index (κ2) is 6.07. The van der Waals surface area contributed by atoms with Gasteiger partial charge >= 0.3 is 0 Å². The first kappa shape index (κ1) is 13.2. The lowest BCUT2D eigenvalue weighted by molar-refractivity contribution is 0.0506. The van der Waals surface area contributed by atoms with Crippen molar-refractivity contribution >= 4 is 11.6 Å². The van der Waals surface area contributed by atoms with E-state index in [4.69, 9.17) is 21.1 Å². The first-order chi connectivity index (χ1) is 8.78. The summed E-state index contributed by atoms with van der Waals surface area (Å²) in [5.74, 6) is 1.32. The van der Waals surface area contributed by atoms with Crippen molar-refractivity contribution in [2.45, 2.75) is 18.6 Å². The van der Waals surface area contributed by atoms with Crippen LogP contribution in [0.2, 0.25) is 0 Å². The third-order valence-electron chi connectivity index (χ3n) is 3.08. The molecule has 0 aliphatic heterocycles. The quantitative estimate of drug-likeness (QED) is 0.756. The molecule has 2 rings (SSSR count). The zero-order valence-electron chi connectivity index (χ0n) is 10.4. The molecule has 18 heavy (non-hydrogen) atoms. The SMILES string of the molecule is COC1(CCl)C=CC(OCc2ccccc2)=CC1. The number of hydrogen-bond donors (Lipinski definition) is 0. The Labute approximate surface area is 113 Å².